The topological polar surface area (TPSA) is 38.0 Å². The molecule has 0 aliphatic carbocycles. The average Bonchev–Trinajstić information content (AvgIpc) is 2.35. The lowest BCUT2D eigenvalue weighted by Gasteiger charge is -2.03. The maximum Gasteiger partial charge on any atom is 0.00235 e. The van der Waals surface area contributed by atoms with Crippen molar-refractivity contribution in [1.29, 1.82) is 0 Å². The number of hydrogen-bond donors (Lipinski definition) is 2. The van der Waals surface area contributed by atoms with Gasteiger partial charge in [0.05, 0.1) is 0 Å². The van der Waals surface area contributed by atoms with Crippen LogP contribution in [0.2, 0.25) is 0 Å². The number of nitrogens with two attached hydrogens (primary N) is 1. The SMILES string of the molecule is CCNCCCCSCCSCCCCCN. The van der Waals surface area contributed by atoms with Gasteiger partial charge in [-0.2, -0.15) is 23.5 Å². The first kappa shape index (κ1) is 17.6. The monoisotopic (exact) mass is 278 g/mol. The van der Waals surface area contributed by atoms with Gasteiger partial charge in [0.1, 0.15) is 0 Å². The van der Waals surface area contributed by atoms with E-state index in [1.54, 1.807) is 0 Å². The molecule has 4 heteroatoms. The van der Waals surface area contributed by atoms with Crippen molar-refractivity contribution in [2.45, 2.75) is 39.0 Å². The van der Waals surface area contributed by atoms with Gasteiger partial charge in [0, 0.05) is 11.5 Å². The molecule has 0 unspecified atom stereocenters. The van der Waals surface area contributed by atoms with Gasteiger partial charge in [-0.1, -0.05) is 13.3 Å². The normalized spacial score (nSPS) is 10.9. The van der Waals surface area contributed by atoms with Crippen LogP contribution in [0, 0.1) is 0 Å². The van der Waals surface area contributed by atoms with E-state index in [0.29, 0.717) is 0 Å². The van der Waals surface area contributed by atoms with Crippen LogP contribution in [-0.2, 0) is 0 Å². The van der Waals surface area contributed by atoms with E-state index in [9.17, 15) is 0 Å². The Kier molecular flexibility index (Phi) is 17.2. The summed E-state index contributed by atoms with van der Waals surface area (Å²) in [6.45, 7) is 5.31. The van der Waals surface area contributed by atoms with Crippen LogP contribution in [0.5, 0.6) is 0 Å². The number of thioether (sulfide) groups is 2. The molecule has 0 atom stereocenters. The van der Waals surface area contributed by atoms with E-state index in [4.69, 9.17) is 5.73 Å². The van der Waals surface area contributed by atoms with Crippen LogP contribution in [0.4, 0.5) is 0 Å². The van der Waals surface area contributed by atoms with Gasteiger partial charge in [0.25, 0.3) is 0 Å². The minimum Gasteiger partial charge on any atom is -0.330 e. The second-order valence-corrected chi connectivity index (χ2v) is 6.58. The van der Waals surface area contributed by atoms with Gasteiger partial charge < -0.3 is 11.1 Å². The van der Waals surface area contributed by atoms with Gasteiger partial charge in [-0.05, 0) is 56.8 Å². The van der Waals surface area contributed by atoms with Crippen LogP contribution in [-0.4, -0.2) is 42.6 Å². The molecule has 0 aromatic rings. The van der Waals surface area contributed by atoms with Crippen molar-refractivity contribution < 1.29 is 0 Å². The van der Waals surface area contributed by atoms with Crippen molar-refractivity contribution in [3.05, 3.63) is 0 Å². The summed E-state index contributed by atoms with van der Waals surface area (Å²) in [7, 11) is 0. The quantitative estimate of drug-likeness (QED) is 0.479. The maximum absolute atomic E-state index is 5.45. The molecule has 0 saturated heterocycles. The molecule has 0 aromatic heterocycles. The molecule has 0 spiro atoms. The summed E-state index contributed by atoms with van der Waals surface area (Å²) in [5.74, 6) is 5.30. The number of unbranched alkanes of at least 4 members (excludes halogenated alkanes) is 3. The largest absolute Gasteiger partial charge is 0.330 e. The summed E-state index contributed by atoms with van der Waals surface area (Å²) in [5, 5.41) is 3.36. The Morgan fingerprint density at radius 1 is 0.824 bits per heavy atom. The van der Waals surface area contributed by atoms with Crippen LogP contribution in [0.15, 0.2) is 0 Å². The molecule has 2 nitrogen and oxygen atoms in total. The van der Waals surface area contributed by atoms with Crippen LogP contribution in [0.1, 0.15) is 39.0 Å². The predicted molar refractivity (Wildman–Crippen MR) is 85.3 cm³/mol. The molecule has 0 aliphatic rings. The third-order valence-corrected chi connectivity index (χ3v) is 4.91. The average molecular weight is 279 g/mol. The zero-order valence-corrected chi connectivity index (χ0v) is 13.0. The zero-order chi connectivity index (χ0) is 12.6. The van der Waals surface area contributed by atoms with Crippen LogP contribution >= 0.6 is 23.5 Å². The first-order valence-corrected chi connectivity index (χ1v) is 9.29. The van der Waals surface area contributed by atoms with Gasteiger partial charge in [0.15, 0.2) is 0 Å². The van der Waals surface area contributed by atoms with Crippen LogP contribution in [0.25, 0.3) is 0 Å². The summed E-state index contributed by atoms with van der Waals surface area (Å²) < 4.78 is 0. The second-order valence-electron chi connectivity index (χ2n) is 4.13. The fourth-order valence-electron chi connectivity index (χ4n) is 1.48. The van der Waals surface area contributed by atoms with Crippen molar-refractivity contribution in [2.75, 3.05) is 42.6 Å². The minimum atomic E-state index is 0.855. The number of hydrogen-bond acceptors (Lipinski definition) is 4. The van der Waals surface area contributed by atoms with Crippen LogP contribution in [0.3, 0.4) is 0 Å². The molecule has 0 radical (unpaired) electrons. The smallest absolute Gasteiger partial charge is 0.00235 e. The van der Waals surface area contributed by atoms with E-state index in [-0.39, 0.29) is 0 Å². The Hall–Kier alpha value is 0.620. The Labute approximate surface area is 116 Å². The fourth-order valence-corrected chi connectivity index (χ4v) is 3.65. The summed E-state index contributed by atoms with van der Waals surface area (Å²) >= 11 is 4.21. The Morgan fingerprint density at radius 3 is 2.06 bits per heavy atom. The molecule has 0 aliphatic heterocycles. The number of nitrogens with one attached hydrogen (secondary N) is 1. The zero-order valence-electron chi connectivity index (χ0n) is 11.4. The lowest BCUT2D eigenvalue weighted by Crippen LogP contribution is -2.13. The van der Waals surface area contributed by atoms with E-state index in [1.165, 1.54) is 61.7 Å². The summed E-state index contributed by atoms with van der Waals surface area (Å²) in [4.78, 5) is 0. The van der Waals surface area contributed by atoms with E-state index in [1.807, 2.05) is 0 Å². The molecular weight excluding hydrogens is 248 g/mol. The van der Waals surface area contributed by atoms with E-state index in [0.717, 1.165) is 13.1 Å². The van der Waals surface area contributed by atoms with Gasteiger partial charge in [0.2, 0.25) is 0 Å². The van der Waals surface area contributed by atoms with Crippen molar-refractivity contribution in [3.8, 4) is 0 Å². The minimum absolute atomic E-state index is 0.855. The number of rotatable bonds is 14. The first-order chi connectivity index (χ1) is 8.41. The van der Waals surface area contributed by atoms with Gasteiger partial charge >= 0.3 is 0 Å². The van der Waals surface area contributed by atoms with E-state index < -0.39 is 0 Å². The Morgan fingerprint density at radius 2 is 1.47 bits per heavy atom. The molecule has 17 heavy (non-hydrogen) atoms. The second kappa shape index (κ2) is 16.6. The molecule has 0 saturated carbocycles. The molecule has 0 bridgehead atoms. The summed E-state index contributed by atoms with van der Waals surface area (Å²) in [6, 6.07) is 0. The fraction of sp³-hybridized carbons (Fsp3) is 1.00. The van der Waals surface area contributed by atoms with E-state index >= 15 is 0 Å². The Bertz CT molecular complexity index is 121. The van der Waals surface area contributed by atoms with Crippen molar-refractivity contribution >= 4 is 23.5 Å². The molecule has 104 valence electrons. The van der Waals surface area contributed by atoms with E-state index in [2.05, 4.69) is 35.8 Å². The lowest BCUT2D eigenvalue weighted by molar-refractivity contribution is 0.666. The first-order valence-electron chi connectivity index (χ1n) is 6.98. The van der Waals surface area contributed by atoms with Crippen molar-refractivity contribution in [3.63, 3.8) is 0 Å². The molecule has 0 fully saturated rings. The molecular formula is C13H30N2S2. The van der Waals surface area contributed by atoms with Gasteiger partial charge in [-0.3, -0.25) is 0 Å². The highest BCUT2D eigenvalue weighted by Crippen LogP contribution is 2.11. The predicted octanol–water partition coefficient (Wildman–Crippen LogP) is 2.97. The Balaban J connectivity index is 2.85. The maximum atomic E-state index is 5.45. The standard InChI is InChI=1S/C13H30N2S2/c1-2-15-9-5-7-11-17-13-12-16-10-6-3-4-8-14/h15H,2-14H2,1H3. The molecule has 3 N–H and O–H groups in total. The molecule has 0 amide bonds. The van der Waals surface area contributed by atoms with Gasteiger partial charge in [-0.15, -0.1) is 0 Å². The third-order valence-electron chi connectivity index (χ3n) is 2.51. The highest BCUT2D eigenvalue weighted by molar-refractivity contribution is 8.02. The molecule has 0 heterocycles. The molecule has 0 rings (SSSR count). The van der Waals surface area contributed by atoms with Crippen molar-refractivity contribution in [2.24, 2.45) is 5.73 Å². The third kappa shape index (κ3) is 16.6. The lowest BCUT2D eigenvalue weighted by atomic mass is 10.2. The van der Waals surface area contributed by atoms with Crippen LogP contribution < -0.4 is 11.1 Å². The summed E-state index contributed by atoms with van der Waals surface area (Å²) in [5.41, 5.74) is 5.45. The summed E-state index contributed by atoms with van der Waals surface area (Å²) in [6.07, 6.45) is 6.53. The molecule has 0 aromatic carbocycles. The highest BCUT2D eigenvalue weighted by atomic mass is 32.2. The van der Waals surface area contributed by atoms with Crippen molar-refractivity contribution in [1.82, 2.24) is 5.32 Å². The van der Waals surface area contributed by atoms with Gasteiger partial charge in [-0.25, -0.2) is 0 Å². The highest BCUT2D eigenvalue weighted by Gasteiger charge is 1.93.